The Morgan fingerprint density at radius 1 is 1.10 bits per heavy atom. The SMILES string of the molecule is O=C([O-])CCCCCN1C(=O)[C@H]2[C@H](C1=O)[C@H]1C=C[C@@H]2C1. The van der Waals surface area contributed by atoms with Crippen LogP contribution in [0.4, 0.5) is 0 Å². The lowest BCUT2D eigenvalue weighted by Crippen LogP contribution is -2.33. The number of likely N-dealkylation sites (tertiary alicyclic amines) is 1. The number of carbonyl (C=O) groups is 3. The van der Waals surface area contributed by atoms with Crippen molar-refractivity contribution < 1.29 is 19.5 Å². The number of imide groups is 1. The zero-order chi connectivity index (χ0) is 14.3. The predicted molar refractivity (Wildman–Crippen MR) is 67.9 cm³/mol. The first-order valence-electron chi connectivity index (χ1n) is 7.33. The first kappa shape index (κ1) is 13.3. The van der Waals surface area contributed by atoms with Gasteiger partial charge < -0.3 is 9.90 Å². The monoisotopic (exact) mass is 276 g/mol. The fourth-order valence-electron chi connectivity index (χ4n) is 3.90. The van der Waals surface area contributed by atoms with E-state index < -0.39 is 5.97 Å². The topological polar surface area (TPSA) is 77.5 Å². The van der Waals surface area contributed by atoms with Gasteiger partial charge in [-0.15, -0.1) is 0 Å². The van der Waals surface area contributed by atoms with Gasteiger partial charge in [0.05, 0.1) is 11.8 Å². The Hall–Kier alpha value is -1.65. The van der Waals surface area contributed by atoms with Gasteiger partial charge in [0.2, 0.25) is 11.8 Å². The van der Waals surface area contributed by atoms with Crippen LogP contribution in [0, 0.1) is 23.7 Å². The zero-order valence-corrected chi connectivity index (χ0v) is 11.3. The van der Waals surface area contributed by atoms with E-state index >= 15 is 0 Å². The molecule has 0 aromatic rings. The van der Waals surface area contributed by atoms with Crippen LogP contribution >= 0.6 is 0 Å². The number of hydrogen-bond acceptors (Lipinski definition) is 4. The molecule has 2 fully saturated rings. The van der Waals surface area contributed by atoms with E-state index in [1.54, 1.807) is 0 Å². The molecule has 1 saturated heterocycles. The van der Waals surface area contributed by atoms with Crippen molar-refractivity contribution in [1.29, 1.82) is 0 Å². The second-order valence-electron chi connectivity index (χ2n) is 6.01. The van der Waals surface area contributed by atoms with Gasteiger partial charge >= 0.3 is 0 Å². The van der Waals surface area contributed by atoms with Gasteiger partial charge in [-0.1, -0.05) is 18.6 Å². The summed E-state index contributed by atoms with van der Waals surface area (Å²) in [6.45, 7) is 0.428. The third-order valence-electron chi connectivity index (χ3n) is 4.82. The van der Waals surface area contributed by atoms with Gasteiger partial charge in [0.1, 0.15) is 0 Å². The van der Waals surface area contributed by atoms with Crippen LogP contribution in [0.5, 0.6) is 0 Å². The first-order valence-corrected chi connectivity index (χ1v) is 7.33. The molecule has 0 spiro atoms. The summed E-state index contributed by atoms with van der Waals surface area (Å²) in [7, 11) is 0. The van der Waals surface area contributed by atoms with Crippen molar-refractivity contribution in [3.05, 3.63) is 12.2 Å². The van der Waals surface area contributed by atoms with Crippen LogP contribution in [0.1, 0.15) is 32.1 Å². The second kappa shape index (κ2) is 5.04. The van der Waals surface area contributed by atoms with Crippen molar-refractivity contribution in [2.75, 3.05) is 6.54 Å². The minimum absolute atomic E-state index is 0.0169. The quantitative estimate of drug-likeness (QED) is 0.392. The summed E-state index contributed by atoms with van der Waals surface area (Å²) < 4.78 is 0. The third kappa shape index (κ3) is 2.05. The number of unbranched alkanes of at least 4 members (excludes halogenated alkanes) is 2. The van der Waals surface area contributed by atoms with Gasteiger partial charge in [-0.05, 0) is 37.5 Å². The Balaban J connectivity index is 1.53. The molecule has 0 radical (unpaired) electrons. The van der Waals surface area contributed by atoms with Gasteiger partial charge in [-0.3, -0.25) is 14.5 Å². The number of fused-ring (bicyclic) bond motifs is 5. The van der Waals surface area contributed by atoms with E-state index in [1.807, 2.05) is 0 Å². The van der Waals surface area contributed by atoms with Crippen LogP contribution in [-0.2, 0) is 14.4 Å². The van der Waals surface area contributed by atoms with E-state index in [9.17, 15) is 19.5 Å². The number of rotatable bonds is 6. The van der Waals surface area contributed by atoms with Crippen LogP contribution < -0.4 is 5.11 Å². The highest BCUT2D eigenvalue weighted by atomic mass is 16.4. The molecule has 108 valence electrons. The van der Waals surface area contributed by atoms with E-state index in [4.69, 9.17) is 0 Å². The molecular weight excluding hydrogens is 258 g/mol. The van der Waals surface area contributed by atoms with E-state index in [-0.39, 0.29) is 41.9 Å². The Morgan fingerprint density at radius 3 is 2.25 bits per heavy atom. The number of carboxylic acids is 1. The summed E-state index contributed by atoms with van der Waals surface area (Å²) in [5.41, 5.74) is 0. The molecule has 2 bridgehead atoms. The van der Waals surface area contributed by atoms with Gasteiger partial charge in [0.25, 0.3) is 0 Å². The number of nitrogens with zero attached hydrogens (tertiary/aromatic N) is 1. The van der Waals surface area contributed by atoms with Crippen molar-refractivity contribution in [2.24, 2.45) is 23.7 Å². The third-order valence-corrected chi connectivity index (χ3v) is 4.82. The average Bonchev–Trinajstić information content (AvgIpc) is 3.06. The Labute approximate surface area is 117 Å². The van der Waals surface area contributed by atoms with E-state index in [2.05, 4.69) is 12.2 Å². The van der Waals surface area contributed by atoms with Crippen molar-refractivity contribution in [2.45, 2.75) is 32.1 Å². The molecule has 3 aliphatic rings. The van der Waals surface area contributed by atoms with Crippen LogP contribution in [0.2, 0.25) is 0 Å². The molecule has 1 heterocycles. The second-order valence-corrected chi connectivity index (χ2v) is 6.01. The smallest absolute Gasteiger partial charge is 0.233 e. The maximum absolute atomic E-state index is 12.3. The first-order chi connectivity index (χ1) is 9.59. The minimum atomic E-state index is -1.05. The number of carboxylic acid groups (broad SMARTS) is 1. The van der Waals surface area contributed by atoms with Gasteiger partial charge in [0.15, 0.2) is 0 Å². The highest BCUT2D eigenvalue weighted by Gasteiger charge is 2.58. The molecule has 4 atom stereocenters. The fourth-order valence-corrected chi connectivity index (χ4v) is 3.90. The Kier molecular flexibility index (Phi) is 3.36. The molecule has 2 aliphatic carbocycles. The standard InChI is InChI=1S/C15H19NO4/c17-11(18)4-2-1-3-7-16-14(19)12-9-5-6-10(8-9)13(12)15(16)20/h5-6,9-10,12-13H,1-4,7-8H2,(H,17,18)/p-1/t9-,10+,12-,13-/m1/s1. The van der Waals surface area contributed by atoms with E-state index in [1.165, 1.54) is 4.90 Å². The molecule has 2 amide bonds. The van der Waals surface area contributed by atoms with Crippen LogP contribution in [0.3, 0.4) is 0 Å². The predicted octanol–water partition coefficient (Wildman–Crippen LogP) is 0.104. The van der Waals surface area contributed by atoms with E-state index in [0.29, 0.717) is 25.8 Å². The molecule has 3 rings (SSSR count). The van der Waals surface area contributed by atoms with Crippen LogP contribution in [0.25, 0.3) is 0 Å². The molecule has 0 aromatic heterocycles. The number of aliphatic carboxylic acids is 1. The summed E-state index contributed by atoms with van der Waals surface area (Å²) in [6, 6.07) is 0. The van der Waals surface area contributed by atoms with Crippen molar-refractivity contribution >= 4 is 17.8 Å². The Bertz CT molecular complexity index is 454. The molecule has 1 aliphatic heterocycles. The van der Waals surface area contributed by atoms with Crippen LogP contribution in [-0.4, -0.2) is 29.2 Å². The summed E-state index contributed by atoms with van der Waals surface area (Å²) >= 11 is 0. The van der Waals surface area contributed by atoms with Crippen LogP contribution in [0.15, 0.2) is 12.2 Å². The number of allylic oxidation sites excluding steroid dienone is 2. The summed E-state index contributed by atoms with van der Waals surface area (Å²) in [4.78, 5) is 36.4. The number of amides is 2. The van der Waals surface area contributed by atoms with Gasteiger partial charge in [0, 0.05) is 12.5 Å². The molecule has 5 nitrogen and oxygen atoms in total. The van der Waals surface area contributed by atoms with Crippen molar-refractivity contribution in [3.8, 4) is 0 Å². The van der Waals surface area contributed by atoms with Gasteiger partial charge in [-0.2, -0.15) is 0 Å². The molecule has 1 saturated carbocycles. The largest absolute Gasteiger partial charge is 0.550 e. The molecule has 0 unspecified atom stereocenters. The summed E-state index contributed by atoms with van der Waals surface area (Å²) in [6.07, 6.45) is 7.07. The number of carbonyl (C=O) groups excluding carboxylic acids is 3. The maximum atomic E-state index is 12.3. The van der Waals surface area contributed by atoms with E-state index in [0.717, 1.165) is 6.42 Å². The lowest BCUT2D eigenvalue weighted by molar-refractivity contribution is -0.305. The highest BCUT2D eigenvalue weighted by molar-refractivity contribution is 6.06. The normalized spacial score (nSPS) is 34.1. The minimum Gasteiger partial charge on any atom is -0.550 e. The lowest BCUT2D eigenvalue weighted by atomic mass is 9.85. The summed E-state index contributed by atoms with van der Waals surface area (Å²) in [5.74, 6) is -0.820. The van der Waals surface area contributed by atoms with Gasteiger partial charge in [-0.25, -0.2) is 0 Å². The van der Waals surface area contributed by atoms with Crippen molar-refractivity contribution in [3.63, 3.8) is 0 Å². The summed E-state index contributed by atoms with van der Waals surface area (Å²) in [5, 5.41) is 10.3. The lowest BCUT2D eigenvalue weighted by Gasteiger charge is -2.17. The molecule has 0 aromatic carbocycles. The maximum Gasteiger partial charge on any atom is 0.233 e. The molecular formula is C15H18NO4-. The zero-order valence-electron chi connectivity index (χ0n) is 11.3. The highest BCUT2D eigenvalue weighted by Crippen LogP contribution is 2.52. The number of hydrogen-bond donors (Lipinski definition) is 0. The molecule has 5 heteroatoms. The molecule has 20 heavy (non-hydrogen) atoms. The average molecular weight is 276 g/mol. The Morgan fingerprint density at radius 2 is 1.70 bits per heavy atom. The fraction of sp³-hybridized carbons (Fsp3) is 0.667. The molecule has 0 N–H and O–H groups in total. The van der Waals surface area contributed by atoms with Crippen molar-refractivity contribution in [1.82, 2.24) is 4.90 Å².